The molecule has 1 N–H and O–H groups in total. The highest BCUT2D eigenvalue weighted by Crippen LogP contribution is 2.30. The number of aromatic amines is 1. The number of aromatic nitrogens is 4. The Labute approximate surface area is 183 Å². The summed E-state index contributed by atoms with van der Waals surface area (Å²) in [5, 5.41) is 7.43. The van der Waals surface area contributed by atoms with Crippen LogP contribution in [0.15, 0.2) is 41.6 Å². The van der Waals surface area contributed by atoms with Crippen LogP contribution in [0.3, 0.4) is 0 Å². The molecular formula is C22H28N6O2S. The lowest BCUT2D eigenvalue weighted by molar-refractivity contribution is 0.197. The molecule has 9 heteroatoms. The van der Waals surface area contributed by atoms with Crippen LogP contribution in [-0.2, 0) is 9.84 Å². The molecule has 3 heterocycles. The Kier molecular flexibility index (Phi) is 5.81. The number of rotatable bonds is 5. The molecule has 0 bridgehead atoms. The van der Waals surface area contributed by atoms with E-state index in [-0.39, 0.29) is 0 Å². The van der Waals surface area contributed by atoms with E-state index in [1.165, 1.54) is 11.8 Å². The van der Waals surface area contributed by atoms with Crippen molar-refractivity contribution in [3.05, 3.63) is 53.6 Å². The summed E-state index contributed by atoms with van der Waals surface area (Å²) in [6.07, 6.45) is 4.59. The van der Waals surface area contributed by atoms with Crippen LogP contribution >= 0.6 is 0 Å². The number of H-pyrrole nitrogens is 1. The number of sulfone groups is 1. The number of piperazine rings is 1. The first-order valence-corrected chi connectivity index (χ1v) is 12.3. The predicted octanol–water partition coefficient (Wildman–Crippen LogP) is 2.77. The zero-order valence-corrected chi connectivity index (χ0v) is 19.1. The molecule has 1 aliphatic rings. The fourth-order valence-corrected chi connectivity index (χ4v) is 4.93. The largest absolute Gasteiger partial charge is 0.352 e. The number of nitrogens with one attached hydrogen (secondary N) is 1. The molecule has 1 aromatic carbocycles. The van der Waals surface area contributed by atoms with Gasteiger partial charge in [0.2, 0.25) is 0 Å². The molecule has 0 spiro atoms. The minimum absolute atomic E-state index is 0.297. The van der Waals surface area contributed by atoms with Crippen molar-refractivity contribution in [3.8, 4) is 11.3 Å². The Balaban J connectivity index is 1.52. The van der Waals surface area contributed by atoms with E-state index in [2.05, 4.69) is 43.8 Å². The molecule has 1 fully saturated rings. The SMILES string of the molecule is Cc1n[nH]c(C)c1C(C)N1CCN(c2nccnc2-c2ccc(S(C)(=O)=O)cc2)CC1. The van der Waals surface area contributed by atoms with Crippen LogP contribution < -0.4 is 4.90 Å². The molecule has 164 valence electrons. The average Bonchev–Trinajstić information content (AvgIpc) is 3.11. The third-order valence-corrected chi connectivity index (χ3v) is 7.13. The van der Waals surface area contributed by atoms with Gasteiger partial charge in [0.15, 0.2) is 15.7 Å². The van der Waals surface area contributed by atoms with Gasteiger partial charge in [-0.1, -0.05) is 12.1 Å². The van der Waals surface area contributed by atoms with Crippen LogP contribution in [-0.4, -0.2) is 65.9 Å². The Morgan fingerprint density at radius 3 is 2.23 bits per heavy atom. The molecule has 1 saturated heterocycles. The van der Waals surface area contributed by atoms with Crippen molar-refractivity contribution in [1.29, 1.82) is 0 Å². The van der Waals surface area contributed by atoms with Gasteiger partial charge in [0.25, 0.3) is 0 Å². The summed E-state index contributed by atoms with van der Waals surface area (Å²) in [6, 6.07) is 7.14. The van der Waals surface area contributed by atoms with Crippen molar-refractivity contribution in [2.45, 2.75) is 31.7 Å². The average molecular weight is 441 g/mol. The van der Waals surface area contributed by atoms with Gasteiger partial charge < -0.3 is 4.90 Å². The van der Waals surface area contributed by atoms with Crippen molar-refractivity contribution in [1.82, 2.24) is 25.1 Å². The molecule has 3 aromatic rings. The number of anilines is 1. The van der Waals surface area contributed by atoms with Crippen LogP contribution in [0.5, 0.6) is 0 Å². The Morgan fingerprint density at radius 2 is 1.65 bits per heavy atom. The summed E-state index contributed by atoms with van der Waals surface area (Å²) >= 11 is 0. The van der Waals surface area contributed by atoms with Gasteiger partial charge >= 0.3 is 0 Å². The van der Waals surface area contributed by atoms with Gasteiger partial charge in [-0.3, -0.25) is 15.0 Å². The van der Waals surface area contributed by atoms with Gasteiger partial charge in [-0.05, 0) is 32.9 Å². The van der Waals surface area contributed by atoms with E-state index in [4.69, 9.17) is 0 Å². The summed E-state index contributed by atoms with van der Waals surface area (Å²) in [5.74, 6) is 0.831. The van der Waals surface area contributed by atoms with Crippen LogP contribution in [0, 0.1) is 13.8 Å². The smallest absolute Gasteiger partial charge is 0.175 e. The third kappa shape index (κ3) is 4.33. The van der Waals surface area contributed by atoms with Crippen molar-refractivity contribution in [2.75, 3.05) is 37.3 Å². The second kappa shape index (κ2) is 8.39. The third-order valence-electron chi connectivity index (χ3n) is 6.00. The lowest BCUT2D eigenvalue weighted by Gasteiger charge is -2.39. The van der Waals surface area contributed by atoms with Crippen molar-refractivity contribution < 1.29 is 8.42 Å². The molecule has 1 aliphatic heterocycles. The van der Waals surface area contributed by atoms with Gasteiger partial charge in [-0.25, -0.2) is 13.4 Å². The van der Waals surface area contributed by atoms with Gasteiger partial charge in [0.1, 0.15) is 5.69 Å². The topological polar surface area (TPSA) is 95.1 Å². The highest BCUT2D eigenvalue weighted by molar-refractivity contribution is 7.90. The normalized spacial score (nSPS) is 16.5. The molecule has 2 aromatic heterocycles. The maximum absolute atomic E-state index is 11.8. The van der Waals surface area contributed by atoms with Crippen LogP contribution in [0.2, 0.25) is 0 Å². The fraction of sp³-hybridized carbons (Fsp3) is 0.409. The lowest BCUT2D eigenvalue weighted by atomic mass is 10.0. The number of aryl methyl sites for hydroxylation is 2. The van der Waals surface area contributed by atoms with E-state index in [0.717, 1.165) is 54.6 Å². The van der Waals surface area contributed by atoms with Gasteiger partial charge in [-0.2, -0.15) is 5.10 Å². The lowest BCUT2D eigenvalue weighted by Crippen LogP contribution is -2.47. The second-order valence-electron chi connectivity index (χ2n) is 8.07. The highest BCUT2D eigenvalue weighted by Gasteiger charge is 2.27. The monoisotopic (exact) mass is 440 g/mol. The maximum atomic E-state index is 11.8. The minimum Gasteiger partial charge on any atom is -0.352 e. The van der Waals surface area contributed by atoms with Crippen LogP contribution in [0.4, 0.5) is 5.82 Å². The molecule has 0 radical (unpaired) electrons. The number of nitrogens with zero attached hydrogens (tertiary/aromatic N) is 5. The summed E-state index contributed by atoms with van der Waals surface area (Å²) in [5.41, 5.74) is 5.09. The summed E-state index contributed by atoms with van der Waals surface area (Å²) < 4.78 is 23.5. The fourth-order valence-electron chi connectivity index (χ4n) is 4.30. The Bertz CT molecular complexity index is 1150. The molecule has 1 unspecified atom stereocenters. The molecule has 4 rings (SSSR count). The minimum atomic E-state index is -3.23. The quantitative estimate of drug-likeness (QED) is 0.652. The molecular weight excluding hydrogens is 412 g/mol. The van der Waals surface area contributed by atoms with E-state index < -0.39 is 9.84 Å². The predicted molar refractivity (Wildman–Crippen MR) is 121 cm³/mol. The zero-order valence-electron chi connectivity index (χ0n) is 18.3. The molecule has 0 aliphatic carbocycles. The summed E-state index contributed by atoms with van der Waals surface area (Å²) in [6.45, 7) is 9.86. The van der Waals surface area contributed by atoms with Crippen molar-refractivity contribution in [3.63, 3.8) is 0 Å². The van der Waals surface area contributed by atoms with Gasteiger partial charge in [-0.15, -0.1) is 0 Å². The molecule has 31 heavy (non-hydrogen) atoms. The zero-order chi connectivity index (χ0) is 22.2. The first-order valence-electron chi connectivity index (χ1n) is 10.4. The molecule has 8 nitrogen and oxygen atoms in total. The van der Waals surface area contributed by atoms with Crippen molar-refractivity contribution >= 4 is 15.7 Å². The van der Waals surface area contributed by atoms with E-state index >= 15 is 0 Å². The van der Waals surface area contributed by atoms with E-state index in [0.29, 0.717) is 10.9 Å². The standard InChI is InChI=1S/C22H28N6O2S/c1-15-20(16(2)26-25-15)17(3)27-11-13-28(14-12-27)22-21(23-9-10-24-22)18-5-7-19(8-6-18)31(4,29)30/h5-10,17H,11-14H2,1-4H3,(H,25,26). The number of hydrogen-bond acceptors (Lipinski definition) is 7. The summed E-state index contributed by atoms with van der Waals surface area (Å²) in [4.78, 5) is 14.2. The molecule has 1 atom stereocenters. The Hall–Kier alpha value is -2.78. The van der Waals surface area contributed by atoms with Crippen LogP contribution in [0.25, 0.3) is 11.3 Å². The first-order chi connectivity index (χ1) is 14.8. The van der Waals surface area contributed by atoms with Crippen LogP contribution in [0.1, 0.15) is 29.9 Å². The molecule has 0 amide bonds. The van der Waals surface area contributed by atoms with Crippen molar-refractivity contribution in [2.24, 2.45) is 0 Å². The first kappa shape index (κ1) is 21.5. The van der Waals surface area contributed by atoms with Gasteiger partial charge in [0.05, 0.1) is 10.6 Å². The number of benzene rings is 1. The van der Waals surface area contributed by atoms with E-state index in [1.54, 1.807) is 36.7 Å². The second-order valence-corrected chi connectivity index (χ2v) is 10.1. The summed E-state index contributed by atoms with van der Waals surface area (Å²) in [7, 11) is -3.23. The van der Waals surface area contributed by atoms with E-state index in [1.807, 2.05) is 6.92 Å². The number of hydrogen-bond donors (Lipinski definition) is 1. The van der Waals surface area contributed by atoms with Gasteiger partial charge in [0, 0.05) is 67.7 Å². The Morgan fingerprint density at radius 1 is 1.00 bits per heavy atom. The molecule has 0 saturated carbocycles. The highest BCUT2D eigenvalue weighted by atomic mass is 32.2. The maximum Gasteiger partial charge on any atom is 0.175 e. The van der Waals surface area contributed by atoms with E-state index in [9.17, 15) is 8.42 Å².